The number of carbonyl (C=O) groups is 1. The van der Waals surface area contributed by atoms with Crippen molar-refractivity contribution in [2.24, 2.45) is 0 Å². The third-order valence-electron chi connectivity index (χ3n) is 5.54. The molecule has 0 fully saturated rings. The van der Waals surface area contributed by atoms with Gasteiger partial charge in [-0.2, -0.15) is 0 Å². The standard InChI is InChI=1S/C24H27N3O2S2/c1-4-13-27-23(29)21-17-10-6-8-12-19(17)31-22(21)26-24(27)30-14-20(28)25-18-11-7-5-9-16(18)15(2)3/h4-5,7,9,11,15H,1,6,8,10,12-14H2,2-3H3,(H,25,28). The maximum absolute atomic E-state index is 13.3. The van der Waals surface area contributed by atoms with Gasteiger partial charge in [-0.25, -0.2) is 4.98 Å². The van der Waals surface area contributed by atoms with Gasteiger partial charge in [0.2, 0.25) is 5.91 Å². The third kappa shape index (κ3) is 4.48. The molecule has 0 bridgehead atoms. The normalized spacial score (nSPS) is 13.4. The molecule has 1 aliphatic carbocycles. The topological polar surface area (TPSA) is 64.0 Å². The van der Waals surface area contributed by atoms with E-state index < -0.39 is 0 Å². The van der Waals surface area contributed by atoms with E-state index in [0.29, 0.717) is 17.6 Å². The largest absolute Gasteiger partial charge is 0.325 e. The first-order chi connectivity index (χ1) is 15.0. The lowest BCUT2D eigenvalue weighted by atomic mass is 9.97. The number of benzene rings is 1. The predicted octanol–water partition coefficient (Wildman–Crippen LogP) is 5.38. The first-order valence-corrected chi connectivity index (χ1v) is 12.5. The summed E-state index contributed by atoms with van der Waals surface area (Å²) in [6, 6.07) is 7.85. The average molecular weight is 454 g/mol. The Bertz CT molecular complexity index is 1190. The lowest BCUT2D eigenvalue weighted by Gasteiger charge is -2.14. The van der Waals surface area contributed by atoms with Crippen molar-refractivity contribution in [3.63, 3.8) is 0 Å². The number of hydrogen-bond acceptors (Lipinski definition) is 5. The minimum atomic E-state index is -0.108. The molecule has 0 spiro atoms. The molecule has 1 amide bonds. The SMILES string of the molecule is C=CCn1c(SCC(=O)Nc2ccccc2C(C)C)nc2sc3c(c2c1=O)CCCC3. The second-order valence-electron chi connectivity index (χ2n) is 8.07. The zero-order chi connectivity index (χ0) is 22.0. The van der Waals surface area contributed by atoms with Crippen LogP contribution in [-0.4, -0.2) is 21.2 Å². The number of nitrogens with zero attached hydrogens (tertiary/aromatic N) is 2. The molecular formula is C24H27N3O2S2. The van der Waals surface area contributed by atoms with Crippen LogP contribution in [0.3, 0.4) is 0 Å². The fourth-order valence-corrected chi connectivity index (χ4v) is 6.16. The van der Waals surface area contributed by atoms with E-state index in [9.17, 15) is 9.59 Å². The molecule has 0 radical (unpaired) electrons. The number of aryl methyl sites for hydroxylation is 2. The zero-order valence-corrected chi connectivity index (χ0v) is 19.6. The quantitative estimate of drug-likeness (QED) is 0.296. The van der Waals surface area contributed by atoms with Crippen LogP contribution in [0.2, 0.25) is 0 Å². The van der Waals surface area contributed by atoms with E-state index in [4.69, 9.17) is 4.98 Å². The number of carbonyl (C=O) groups excluding carboxylic acids is 1. The number of fused-ring (bicyclic) bond motifs is 3. The maximum Gasteiger partial charge on any atom is 0.263 e. The summed E-state index contributed by atoms with van der Waals surface area (Å²) in [6.45, 7) is 8.39. The van der Waals surface area contributed by atoms with Crippen molar-refractivity contribution in [3.05, 3.63) is 63.3 Å². The number of thiophene rings is 1. The van der Waals surface area contributed by atoms with Crippen LogP contribution >= 0.6 is 23.1 Å². The summed E-state index contributed by atoms with van der Waals surface area (Å²) < 4.78 is 1.65. The highest BCUT2D eigenvalue weighted by Crippen LogP contribution is 2.34. The molecule has 1 aromatic carbocycles. The summed E-state index contributed by atoms with van der Waals surface area (Å²) in [6.07, 6.45) is 5.97. The van der Waals surface area contributed by atoms with E-state index in [1.807, 2.05) is 24.3 Å². The summed E-state index contributed by atoms with van der Waals surface area (Å²) in [5.74, 6) is 0.394. The molecule has 0 unspecified atom stereocenters. The number of anilines is 1. The molecular weight excluding hydrogens is 426 g/mol. The van der Waals surface area contributed by atoms with E-state index >= 15 is 0 Å². The molecule has 3 aromatic rings. The van der Waals surface area contributed by atoms with Gasteiger partial charge in [0.1, 0.15) is 4.83 Å². The molecule has 0 saturated carbocycles. The van der Waals surface area contributed by atoms with Gasteiger partial charge in [0.25, 0.3) is 5.56 Å². The van der Waals surface area contributed by atoms with E-state index in [0.717, 1.165) is 40.7 Å². The Hall–Kier alpha value is -2.38. The fourth-order valence-electron chi connectivity index (χ4n) is 4.05. The van der Waals surface area contributed by atoms with Crippen LogP contribution in [-0.2, 0) is 24.2 Å². The van der Waals surface area contributed by atoms with Crippen LogP contribution in [0, 0.1) is 0 Å². The van der Waals surface area contributed by atoms with Crippen molar-refractivity contribution >= 4 is 44.9 Å². The lowest BCUT2D eigenvalue weighted by Crippen LogP contribution is -2.24. The number of aromatic nitrogens is 2. The Kier molecular flexibility index (Phi) is 6.62. The van der Waals surface area contributed by atoms with Crippen molar-refractivity contribution in [2.45, 2.75) is 57.1 Å². The van der Waals surface area contributed by atoms with Crippen LogP contribution < -0.4 is 10.9 Å². The van der Waals surface area contributed by atoms with Gasteiger partial charge in [-0.15, -0.1) is 17.9 Å². The summed E-state index contributed by atoms with van der Waals surface area (Å²) >= 11 is 2.93. The summed E-state index contributed by atoms with van der Waals surface area (Å²) in [5.41, 5.74) is 3.10. The van der Waals surface area contributed by atoms with Crippen LogP contribution in [0.25, 0.3) is 10.2 Å². The van der Waals surface area contributed by atoms with Crippen LogP contribution in [0.15, 0.2) is 46.9 Å². The van der Waals surface area contributed by atoms with Crippen molar-refractivity contribution in [1.82, 2.24) is 9.55 Å². The molecule has 0 atom stereocenters. The molecule has 2 heterocycles. The Morgan fingerprint density at radius 3 is 2.87 bits per heavy atom. The molecule has 1 aliphatic rings. The Labute approximate surface area is 190 Å². The molecule has 0 saturated heterocycles. The second-order valence-corrected chi connectivity index (χ2v) is 10.1. The van der Waals surface area contributed by atoms with E-state index in [1.165, 1.54) is 28.6 Å². The Balaban J connectivity index is 1.59. The average Bonchev–Trinajstić information content (AvgIpc) is 3.13. The van der Waals surface area contributed by atoms with Gasteiger partial charge in [-0.3, -0.25) is 14.2 Å². The maximum atomic E-state index is 13.3. The van der Waals surface area contributed by atoms with Gasteiger partial charge >= 0.3 is 0 Å². The fraction of sp³-hybridized carbons (Fsp3) is 0.375. The van der Waals surface area contributed by atoms with Gasteiger partial charge in [0.05, 0.1) is 11.1 Å². The Morgan fingerprint density at radius 2 is 2.10 bits per heavy atom. The molecule has 5 nitrogen and oxygen atoms in total. The third-order valence-corrected chi connectivity index (χ3v) is 7.70. The number of hydrogen-bond donors (Lipinski definition) is 1. The summed E-state index contributed by atoms with van der Waals surface area (Å²) in [4.78, 5) is 32.9. The molecule has 2 aromatic heterocycles. The van der Waals surface area contributed by atoms with Crippen LogP contribution in [0.4, 0.5) is 5.69 Å². The van der Waals surface area contributed by atoms with Crippen molar-refractivity contribution in [3.8, 4) is 0 Å². The molecule has 31 heavy (non-hydrogen) atoms. The summed E-state index contributed by atoms with van der Waals surface area (Å²) in [5, 5.41) is 4.35. The molecule has 4 rings (SSSR count). The predicted molar refractivity (Wildman–Crippen MR) is 131 cm³/mol. The number of rotatable bonds is 7. The number of para-hydroxylation sites is 1. The van der Waals surface area contributed by atoms with Gasteiger partial charge < -0.3 is 5.32 Å². The van der Waals surface area contributed by atoms with Crippen molar-refractivity contribution in [1.29, 1.82) is 0 Å². The van der Waals surface area contributed by atoms with Crippen LogP contribution in [0.1, 0.15) is 48.6 Å². The van der Waals surface area contributed by atoms with Gasteiger partial charge in [-0.1, -0.05) is 49.9 Å². The molecule has 0 aliphatic heterocycles. The zero-order valence-electron chi connectivity index (χ0n) is 17.9. The van der Waals surface area contributed by atoms with Crippen molar-refractivity contribution < 1.29 is 4.79 Å². The van der Waals surface area contributed by atoms with E-state index in [2.05, 4.69) is 25.7 Å². The first kappa shape index (κ1) is 21.8. The minimum absolute atomic E-state index is 0.0163. The molecule has 1 N–H and O–H groups in total. The van der Waals surface area contributed by atoms with Gasteiger partial charge in [0.15, 0.2) is 5.16 Å². The number of thioether (sulfide) groups is 1. The van der Waals surface area contributed by atoms with Crippen molar-refractivity contribution in [2.75, 3.05) is 11.1 Å². The number of amides is 1. The monoisotopic (exact) mass is 453 g/mol. The van der Waals surface area contributed by atoms with E-state index in [-0.39, 0.29) is 17.2 Å². The smallest absolute Gasteiger partial charge is 0.263 e. The highest BCUT2D eigenvalue weighted by Gasteiger charge is 2.22. The van der Waals surface area contributed by atoms with Crippen LogP contribution in [0.5, 0.6) is 0 Å². The highest BCUT2D eigenvalue weighted by atomic mass is 32.2. The van der Waals surface area contributed by atoms with E-state index in [1.54, 1.807) is 22.0 Å². The molecule has 162 valence electrons. The van der Waals surface area contributed by atoms with Gasteiger partial charge in [-0.05, 0) is 48.8 Å². The molecule has 7 heteroatoms. The number of allylic oxidation sites excluding steroid dienone is 1. The first-order valence-electron chi connectivity index (χ1n) is 10.7. The Morgan fingerprint density at radius 1 is 1.32 bits per heavy atom. The second kappa shape index (κ2) is 9.40. The summed E-state index contributed by atoms with van der Waals surface area (Å²) in [7, 11) is 0. The van der Waals surface area contributed by atoms with Gasteiger partial charge in [0, 0.05) is 17.1 Å². The highest BCUT2D eigenvalue weighted by molar-refractivity contribution is 7.99. The lowest BCUT2D eigenvalue weighted by molar-refractivity contribution is -0.113. The minimum Gasteiger partial charge on any atom is -0.325 e. The number of nitrogens with one attached hydrogen (secondary N) is 1.